The van der Waals surface area contributed by atoms with Crippen LogP contribution in [-0.2, 0) is 22.4 Å². The van der Waals surface area contributed by atoms with E-state index in [9.17, 15) is 19.5 Å². The number of hydrogen-bond acceptors (Lipinski definition) is 7. The van der Waals surface area contributed by atoms with Crippen molar-refractivity contribution in [1.29, 1.82) is 0 Å². The first-order valence-corrected chi connectivity index (χ1v) is 10.1. The molecule has 0 spiro atoms. The first-order valence-electron chi connectivity index (χ1n) is 8.70. The molecule has 0 saturated carbocycles. The number of amides is 1. The highest BCUT2D eigenvalue weighted by molar-refractivity contribution is 7.98. The van der Waals surface area contributed by atoms with E-state index in [-0.39, 0.29) is 18.0 Å². The Balaban J connectivity index is 1.72. The van der Waals surface area contributed by atoms with E-state index in [1.54, 1.807) is 18.4 Å². The molecule has 2 aromatic rings. The maximum atomic E-state index is 12.2. The van der Waals surface area contributed by atoms with Crippen LogP contribution in [0.15, 0.2) is 27.4 Å². The van der Waals surface area contributed by atoms with Crippen LogP contribution in [0.4, 0.5) is 0 Å². The van der Waals surface area contributed by atoms with Crippen LogP contribution in [0.5, 0.6) is 5.75 Å². The van der Waals surface area contributed by atoms with Crippen molar-refractivity contribution in [1.82, 2.24) is 5.32 Å². The fourth-order valence-corrected chi connectivity index (χ4v) is 3.79. The van der Waals surface area contributed by atoms with E-state index in [4.69, 9.17) is 9.15 Å². The number of carbonyl (C=O) groups excluding carboxylic acids is 2. The van der Waals surface area contributed by atoms with Crippen molar-refractivity contribution in [2.75, 3.05) is 18.6 Å². The van der Waals surface area contributed by atoms with Gasteiger partial charge < -0.3 is 24.4 Å². The Hall–Kier alpha value is -2.48. The molecule has 0 saturated heterocycles. The van der Waals surface area contributed by atoms with Crippen LogP contribution < -0.4 is 20.8 Å². The normalized spacial score (nSPS) is 14.4. The highest BCUT2D eigenvalue weighted by atomic mass is 32.2. The molecule has 1 N–H and O–H groups in total. The molecule has 0 fully saturated rings. The van der Waals surface area contributed by atoms with Gasteiger partial charge in [-0.05, 0) is 49.6 Å². The molecule has 8 heteroatoms. The average molecular weight is 390 g/mol. The van der Waals surface area contributed by atoms with Crippen LogP contribution in [0, 0.1) is 0 Å². The molecular formula is C19H20NO6S-. The highest BCUT2D eigenvalue weighted by Gasteiger charge is 2.18. The average Bonchev–Trinajstić information content (AvgIpc) is 2.66. The third kappa shape index (κ3) is 4.44. The lowest BCUT2D eigenvalue weighted by molar-refractivity contribution is -0.307. The van der Waals surface area contributed by atoms with Crippen molar-refractivity contribution >= 4 is 34.6 Å². The van der Waals surface area contributed by atoms with Crippen molar-refractivity contribution in [3.8, 4) is 5.75 Å². The van der Waals surface area contributed by atoms with Crippen molar-refractivity contribution in [2.24, 2.45) is 0 Å². The Kier molecular flexibility index (Phi) is 6.05. The number of aryl methyl sites for hydroxylation is 1. The summed E-state index contributed by atoms with van der Waals surface area (Å²) in [6.07, 6.45) is 5.35. The third-order valence-electron chi connectivity index (χ3n) is 4.52. The van der Waals surface area contributed by atoms with Crippen LogP contribution in [0.1, 0.15) is 24.0 Å². The quantitative estimate of drug-likeness (QED) is 0.691. The van der Waals surface area contributed by atoms with Crippen LogP contribution in [0.25, 0.3) is 11.0 Å². The number of nitrogens with one attached hydrogen (secondary N) is 1. The number of carboxylic acid groups (broad SMARTS) is 1. The number of benzene rings is 1. The van der Waals surface area contributed by atoms with Gasteiger partial charge in [-0.2, -0.15) is 11.8 Å². The standard InChI is InChI=1S/C19H21NO6S/c1-27-10-15(18(22)23)20-17(21)9-25-11-6-7-13-12-4-2-3-5-14(12)19(24)26-16(13)8-11/h6-8,15H,2-5,9-10H2,1H3,(H,20,21)(H,22,23)/p-1/t15-/m0/s1. The molecule has 144 valence electrons. The van der Waals surface area contributed by atoms with Gasteiger partial charge in [-0.15, -0.1) is 0 Å². The summed E-state index contributed by atoms with van der Waals surface area (Å²) in [6, 6.07) is 4.05. The Morgan fingerprint density at radius 1 is 1.30 bits per heavy atom. The van der Waals surface area contributed by atoms with Crippen LogP contribution in [0.3, 0.4) is 0 Å². The Labute approximate surface area is 160 Å². The van der Waals surface area contributed by atoms with Crippen molar-refractivity contribution in [3.63, 3.8) is 0 Å². The van der Waals surface area contributed by atoms with Crippen LogP contribution >= 0.6 is 11.8 Å². The molecule has 1 heterocycles. The zero-order valence-electron chi connectivity index (χ0n) is 14.9. The first kappa shape index (κ1) is 19.3. The Morgan fingerprint density at radius 3 is 2.74 bits per heavy atom. The summed E-state index contributed by atoms with van der Waals surface area (Å²) in [5, 5.41) is 14.2. The van der Waals surface area contributed by atoms with E-state index in [0.29, 0.717) is 11.3 Å². The zero-order chi connectivity index (χ0) is 19.4. The van der Waals surface area contributed by atoms with Gasteiger partial charge in [-0.3, -0.25) is 4.79 Å². The molecule has 0 radical (unpaired) electrons. The number of fused-ring (bicyclic) bond motifs is 3. The Morgan fingerprint density at radius 2 is 2.04 bits per heavy atom. The number of rotatable bonds is 7. The second-order valence-electron chi connectivity index (χ2n) is 6.39. The van der Waals surface area contributed by atoms with Gasteiger partial charge in [0.2, 0.25) is 0 Å². The van der Waals surface area contributed by atoms with Crippen molar-refractivity contribution < 1.29 is 23.8 Å². The predicted molar refractivity (Wildman–Crippen MR) is 99.9 cm³/mol. The SMILES string of the molecule is CSC[C@H](NC(=O)COc1ccc2c3c(c(=O)oc2c1)CCCC3)C(=O)[O-]. The molecule has 27 heavy (non-hydrogen) atoms. The lowest BCUT2D eigenvalue weighted by atomic mass is 9.91. The Bertz CT molecular complexity index is 922. The first-order chi connectivity index (χ1) is 13.0. The van der Waals surface area contributed by atoms with E-state index in [2.05, 4.69) is 5.32 Å². The summed E-state index contributed by atoms with van der Waals surface area (Å²) >= 11 is 1.29. The summed E-state index contributed by atoms with van der Waals surface area (Å²) in [7, 11) is 0. The maximum absolute atomic E-state index is 12.2. The molecule has 1 aliphatic rings. The largest absolute Gasteiger partial charge is 0.548 e. The number of carboxylic acids is 1. The molecule has 1 aliphatic carbocycles. The summed E-state index contributed by atoms with van der Waals surface area (Å²) in [4.78, 5) is 35.0. The molecule has 7 nitrogen and oxygen atoms in total. The summed E-state index contributed by atoms with van der Waals surface area (Å²) in [5.74, 6) is -1.33. The van der Waals surface area contributed by atoms with E-state index < -0.39 is 17.9 Å². The summed E-state index contributed by atoms with van der Waals surface area (Å²) in [6.45, 7) is -0.348. The van der Waals surface area contributed by atoms with Crippen molar-refractivity contribution in [3.05, 3.63) is 39.7 Å². The smallest absolute Gasteiger partial charge is 0.339 e. The second kappa shape index (κ2) is 8.47. The fourth-order valence-electron chi connectivity index (χ4n) is 3.24. The van der Waals surface area contributed by atoms with Gasteiger partial charge in [0.05, 0.1) is 12.0 Å². The van der Waals surface area contributed by atoms with Gasteiger partial charge in [0.25, 0.3) is 5.91 Å². The predicted octanol–water partition coefficient (Wildman–Crippen LogP) is 0.648. The molecule has 0 bridgehead atoms. The topological polar surface area (TPSA) is 109 Å². The number of aliphatic carboxylic acids is 1. The van der Waals surface area contributed by atoms with E-state index in [1.807, 2.05) is 6.07 Å². The number of thioether (sulfide) groups is 1. The van der Waals surface area contributed by atoms with Crippen LogP contribution in [0.2, 0.25) is 0 Å². The monoisotopic (exact) mass is 390 g/mol. The lowest BCUT2D eigenvalue weighted by Gasteiger charge is -2.19. The van der Waals surface area contributed by atoms with Crippen molar-refractivity contribution in [2.45, 2.75) is 31.7 Å². The number of carbonyl (C=O) groups is 2. The van der Waals surface area contributed by atoms with Crippen LogP contribution in [-0.4, -0.2) is 36.5 Å². The second-order valence-corrected chi connectivity index (χ2v) is 7.31. The zero-order valence-corrected chi connectivity index (χ0v) is 15.7. The molecule has 0 aliphatic heterocycles. The molecule has 1 atom stereocenters. The fraction of sp³-hybridized carbons (Fsp3) is 0.421. The summed E-state index contributed by atoms with van der Waals surface area (Å²) < 4.78 is 10.8. The van der Waals surface area contributed by atoms with E-state index in [0.717, 1.165) is 42.2 Å². The molecule has 3 rings (SSSR count). The third-order valence-corrected chi connectivity index (χ3v) is 5.18. The van der Waals surface area contributed by atoms with Gasteiger partial charge in [0.15, 0.2) is 6.61 Å². The molecular weight excluding hydrogens is 370 g/mol. The molecule has 1 aromatic carbocycles. The van der Waals surface area contributed by atoms with E-state index in [1.165, 1.54) is 11.8 Å². The minimum Gasteiger partial charge on any atom is -0.548 e. The van der Waals surface area contributed by atoms with Gasteiger partial charge in [0.1, 0.15) is 11.3 Å². The minimum atomic E-state index is -1.34. The van der Waals surface area contributed by atoms with Gasteiger partial charge in [0, 0.05) is 22.8 Å². The summed E-state index contributed by atoms with van der Waals surface area (Å²) in [5.41, 5.74) is 1.89. The molecule has 1 amide bonds. The molecule has 0 unspecified atom stereocenters. The minimum absolute atomic E-state index is 0.209. The van der Waals surface area contributed by atoms with Gasteiger partial charge in [-0.25, -0.2) is 4.79 Å². The number of ether oxygens (including phenoxy) is 1. The maximum Gasteiger partial charge on any atom is 0.339 e. The highest BCUT2D eigenvalue weighted by Crippen LogP contribution is 2.29. The van der Waals surface area contributed by atoms with E-state index >= 15 is 0 Å². The van der Waals surface area contributed by atoms with Gasteiger partial charge in [-0.1, -0.05) is 0 Å². The lowest BCUT2D eigenvalue weighted by Crippen LogP contribution is -2.50. The molecule has 1 aromatic heterocycles. The van der Waals surface area contributed by atoms with Gasteiger partial charge >= 0.3 is 5.63 Å². The number of hydrogen-bond donors (Lipinski definition) is 1.